The molecule has 0 amide bonds. The Bertz CT molecular complexity index is 1510. The van der Waals surface area contributed by atoms with E-state index >= 15 is 0 Å². The van der Waals surface area contributed by atoms with Crippen molar-refractivity contribution in [2.75, 3.05) is 0 Å². The fraction of sp³-hybridized carbons (Fsp3) is 0.120. The predicted octanol–water partition coefficient (Wildman–Crippen LogP) is 5.08. The maximum atomic E-state index is 12.3. The molecule has 150 valence electrons. The summed E-state index contributed by atoms with van der Waals surface area (Å²) in [5.41, 5.74) is 3.78. The molecule has 0 atom stereocenters. The monoisotopic (exact) mass is 407 g/mol. The van der Waals surface area contributed by atoms with Crippen LogP contribution >= 0.6 is 0 Å². The van der Waals surface area contributed by atoms with Gasteiger partial charge < -0.3 is 9.15 Å². The van der Waals surface area contributed by atoms with Gasteiger partial charge in [-0.1, -0.05) is 12.1 Å². The SMILES string of the molecule is O=c1oc2cc(Oc3nc(-c4cccnc4)nc4ccccc34)ccc2c2c1CCC2. The normalized spacial score (nSPS) is 12.9. The van der Waals surface area contributed by atoms with Gasteiger partial charge in [0, 0.05) is 35.0 Å². The standard InChI is InChI=1S/C25H17N3O3/c29-25-19-8-3-7-17(19)18-11-10-16(13-22(18)31-25)30-24-20-6-1-2-9-21(20)27-23(28-24)15-5-4-12-26-14-15/h1-2,4-6,9-14H,3,7-8H2. The first kappa shape index (κ1) is 17.8. The lowest BCUT2D eigenvalue weighted by molar-refractivity contribution is 0.467. The van der Waals surface area contributed by atoms with Crippen molar-refractivity contribution in [1.82, 2.24) is 15.0 Å². The van der Waals surface area contributed by atoms with E-state index in [1.165, 1.54) is 0 Å². The Morgan fingerprint density at radius 3 is 2.71 bits per heavy atom. The topological polar surface area (TPSA) is 78.1 Å². The molecule has 6 nitrogen and oxygen atoms in total. The Kier molecular flexibility index (Phi) is 4.02. The van der Waals surface area contributed by atoms with Gasteiger partial charge in [-0.05, 0) is 61.2 Å². The first-order valence-corrected chi connectivity index (χ1v) is 10.2. The number of aromatic nitrogens is 3. The molecule has 31 heavy (non-hydrogen) atoms. The molecule has 0 saturated heterocycles. The smallest absolute Gasteiger partial charge is 0.339 e. The van der Waals surface area contributed by atoms with Crippen molar-refractivity contribution in [2.24, 2.45) is 0 Å². The minimum atomic E-state index is -0.247. The van der Waals surface area contributed by atoms with E-state index < -0.39 is 0 Å². The second kappa shape index (κ2) is 7.02. The maximum Gasteiger partial charge on any atom is 0.339 e. The van der Waals surface area contributed by atoms with Crippen molar-refractivity contribution < 1.29 is 9.15 Å². The molecular weight excluding hydrogens is 390 g/mol. The lowest BCUT2D eigenvalue weighted by Gasteiger charge is -2.11. The Labute approximate surface area is 177 Å². The summed E-state index contributed by atoms with van der Waals surface area (Å²) in [6.07, 6.45) is 6.11. The minimum Gasteiger partial charge on any atom is -0.438 e. The number of ether oxygens (including phenoxy) is 1. The molecule has 0 saturated carbocycles. The molecule has 3 heterocycles. The van der Waals surface area contributed by atoms with Gasteiger partial charge in [-0.15, -0.1) is 0 Å². The van der Waals surface area contributed by atoms with Gasteiger partial charge in [0.1, 0.15) is 11.3 Å². The summed E-state index contributed by atoms with van der Waals surface area (Å²) < 4.78 is 11.8. The minimum absolute atomic E-state index is 0.247. The summed E-state index contributed by atoms with van der Waals surface area (Å²) in [4.78, 5) is 25.8. The molecule has 0 spiro atoms. The molecule has 6 rings (SSSR count). The first-order valence-electron chi connectivity index (χ1n) is 10.2. The molecule has 0 aliphatic heterocycles. The number of nitrogens with zero attached hydrogens (tertiary/aromatic N) is 3. The Morgan fingerprint density at radius 2 is 1.81 bits per heavy atom. The molecule has 0 N–H and O–H groups in total. The van der Waals surface area contributed by atoms with E-state index in [2.05, 4.69) is 15.0 Å². The molecular formula is C25H17N3O3. The molecule has 6 heteroatoms. The molecule has 0 bridgehead atoms. The highest BCUT2D eigenvalue weighted by molar-refractivity contribution is 5.86. The second-order valence-corrected chi connectivity index (χ2v) is 7.57. The van der Waals surface area contributed by atoms with Crippen LogP contribution in [0.4, 0.5) is 0 Å². The van der Waals surface area contributed by atoms with Crippen LogP contribution in [0.25, 0.3) is 33.3 Å². The van der Waals surface area contributed by atoms with Gasteiger partial charge in [-0.2, -0.15) is 4.98 Å². The van der Waals surface area contributed by atoms with Crippen molar-refractivity contribution in [3.8, 4) is 23.0 Å². The number of pyridine rings is 1. The zero-order valence-electron chi connectivity index (χ0n) is 16.5. The molecule has 0 radical (unpaired) electrons. The van der Waals surface area contributed by atoms with Gasteiger partial charge in [0.05, 0.1) is 10.9 Å². The lowest BCUT2D eigenvalue weighted by atomic mass is 10.1. The zero-order chi connectivity index (χ0) is 20.8. The van der Waals surface area contributed by atoms with E-state index in [0.717, 1.165) is 52.2 Å². The fourth-order valence-corrected chi connectivity index (χ4v) is 4.19. The number of aryl methyl sites for hydroxylation is 1. The molecule has 2 aromatic carbocycles. The summed E-state index contributed by atoms with van der Waals surface area (Å²) >= 11 is 0. The van der Waals surface area contributed by atoms with Crippen LogP contribution in [0, 0.1) is 0 Å². The Hall–Kier alpha value is -4.06. The number of hydrogen-bond acceptors (Lipinski definition) is 6. The van der Waals surface area contributed by atoms with E-state index in [0.29, 0.717) is 23.0 Å². The molecule has 1 aliphatic rings. The average molecular weight is 407 g/mol. The summed E-state index contributed by atoms with van der Waals surface area (Å²) in [5, 5.41) is 1.77. The predicted molar refractivity (Wildman–Crippen MR) is 117 cm³/mol. The number of para-hydroxylation sites is 1. The van der Waals surface area contributed by atoms with E-state index in [4.69, 9.17) is 9.15 Å². The Balaban J connectivity index is 1.48. The van der Waals surface area contributed by atoms with E-state index in [1.807, 2.05) is 48.5 Å². The highest BCUT2D eigenvalue weighted by Crippen LogP contribution is 2.33. The molecule has 3 aromatic heterocycles. The highest BCUT2D eigenvalue weighted by Gasteiger charge is 2.20. The average Bonchev–Trinajstić information content (AvgIpc) is 3.30. The summed E-state index contributed by atoms with van der Waals surface area (Å²) in [6.45, 7) is 0. The van der Waals surface area contributed by atoms with Crippen LogP contribution in [0.1, 0.15) is 17.5 Å². The van der Waals surface area contributed by atoms with Crippen LogP contribution in [-0.2, 0) is 12.8 Å². The van der Waals surface area contributed by atoms with Gasteiger partial charge in [-0.3, -0.25) is 4.98 Å². The third-order valence-corrected chi connectivity index (χ3v) is 5.65. The number of rotatable bonds is 3. The van der Waals surface area contributed by atoms with Gasteiger partial charge in [0.2, 0.25) is 5.88 Å². The third-order valence-electron chi connectivity index (χ3n) is 5.65. The Morgan fingerprint density at radius 1 is 0.903 bits per heavy atom. The van der Waals surface area contributed by atoms with E-state index in [1.54, 1.807) is 18.5 Å². The van der Waals surface area contributed by atoms with Gasteiger partial charge in [0.15, 0.2) is 5.82 Å². The lowest BCUT2D eigenvalue weighted by Crippen LogP contribution is -2.06. The van der Waals surface area contributed by atoms with Gasteiger partial charge in [-0.25, -0.2) is 9.78 Å². The number of fused-ring (bicyclic) bond motifs is 4. The maximum absolute atomic E-state index is 12.3. The number of hydrogen-bond donors (Lipinski definition) is 0. The largest absolute Gasteiger partial charge is 0.438 e. The zero-order valence-corrected chi connectivity index (χ0v) is 16.5. The van der Waals surface area contributed by atoms with Crippen LogP contribution in [0.3, 0.4) is 0 Å². The fourth-order valence-electron chi connectivity index (χ4n) is 4.19. The van der Waals surface area contributed by atoms with Crippen molar-refractivity contribution >= 4 is 21.9 Å². The summed E-state index contributed by atoms with van der Waals surface area (Å²) in [6, 6.07) is 17.1. The second-order valence-electron chi connectivity index (χ2n) is 7.57. The van der Waals surface area contributed by atoms with Gasteiger partial charge in [0.25, 0.3) is 0 Å². The summed E-state index contributed by atoms with van der Waals surface area (Å²) in [7, 11) is 0. The van der Waals surface area contributed by atoms with Crippen LogP contribution in [0.15, 0.2) is 76.2 Å². The quantitative estimate of drug-likeness (QED) is 0.388. The van der Waals surface area contributed by atoms with Crippen LogP contribution in [0.5, 0.6) is 11.6 Å². The summed E-state index contributed by atoms with van der Waals surface area (Å²) in [5.74, 6) is 1.52. The van der Waals surface area contributed by atoms with Gasteiger partial charge >= 0.3 is 5.63 Å². The van der Waals surface area contributed by atoms with E-state index in [9.17, 15) is 4.79 Å². The molecule has 0 unspecified atom stereocenters. The number of benzene rings is 2. The van der Waals surface area contributed by atoms with Crippen LogP contribution < -0.4 is 10.4 Å². The third kappa shape index (κ3) is 3.04. The molecule has 0 fully saturated rings. The van der Waals surface area contributed by atoms with E-state index in [-0.39, 0.29) is 5.63 Å². The van der Waals surface area contributed by atoms with Crippen LogP contribution in [-0.4, -0.2) is 15.0 Å². The molecule has 5 aromatic rings. The van der Waals surface area contributed by atoms with Crippen molar-refractivity contribution in [3.63, 3.8) is 0 Å². The van der Waals surface area contributed by atoms with Crippen molar-refractivity contribution in [3.05, 3.63) is 88.5 Å². The van der Waals surface area contributed by atoms with Crippen LogP contribution in [0.2, 0.25) is 0 Å². The highest BCUT2D eigenvalue weighted by atomic mass is 16.5. The molecule has 1 aliphatic carbocycles. The van der Waals surface area contributed by atoms with Crippen molar-refractivity contribution in [2.45, 2.75) is 19.3 Å². The van der Waals surface area contributed by atoms with Crippen molar-refractivity contribution in [1.29, 1.82) is 0 Å². The first-order chi connectivity index (χ1) is 15.3.